The van der Waals surface area contributed by atoms with E-state index in [0.29, 0.717) is 19.3 Å². The van der Waals surface area contributed by atoms with Gasteiger partial charge in [0, 0.05) is 6.42 Å². The van der Waals surface area contributed by atoms with Crippen molar-refractivity contribution in [1.29, 1.82) is 0 Å². The first-order valence-corrected chi connectivity index (χ1v) is 29.4. The average Bonchev–Trinajstić information content (AvgIpc) is 3.37. The Morgan fingerprint density at radius 3 is 1.48 bits per heavy atom. The number of esters is 1. The van der Waals surface area contributed by atoms with Crippen LogP contribution in [0.15, 0.2) is 48.6 Å². The zero-order chi connectivity index (χ0) is 51.8. The van der Waals surface area contributed by atoms with Crippen LogP contribution in [0.25, 0.3) is 0 Å². The normalized spacial score (nSPS) is 19.9. The molecule has 1 aliphatic rings. The maximum absolute atomic E-state index is 13.3. The maximum Gasteiger partial charge on any atom is 0.306 e. The summed E-state index contributed by atoms with van der Waals surface area (Å²) in [7, 11) is 0. The van der Waals surface area contributed by atoms with Crippen molar-refractivity contribution in [1.82, 2.24) is 5.32 Å². The third-order valence-electron chi connectivity index (χ3n) is 13.7. The summed E-state index contributed by atoms with van der Waals surface area (Å²) in [6.45, 7) is 5.73. The van der Waals surface area contributed by atoms with Crippen molar-refractivity contribution >= 4 is 11.9 Å². The molecule has 0 spiro atoms. The Morgan fingerprint density at radius 1 is 0.549 bits per heavy atom. The predicted octanol–water partition coefficient (Wildman–Crippen LogP) is 13.3. The molecule has 0 aromatic heterocycles. The summed E-state index contributed by atoms with van der Waals surface area (Å²) in [5, 5.41) is 56.7. The van der Waals surface area contributed by atoms with Crippen LogP contribution in [0.5, 0.6) is 0 Å². The fraction of sp³-hybridized carbons (Fsp3) is 0.833. The van der Waals surface area contributed by atoms with E-state index in [1.54, 1.807) is 6.08 Å². The standard InChI is InChI=1S/C60H109NO10/c1-4-7-10-13-16-19-22-23-24-25-26-27-28-29-30-31-33-36-39-42-45-48-55(65)71-58-57(67)56(66)54(49-62)70-60(58)69-50-51(52(63)46-43-40-37-35-32-20-17-14-11-8-5-2)61-59(68)53(64)47-44-41-38-34-21-18-15-12-9-6-3/h16,19,23-24,26-27,43,46,51-54,56-58,60,62-64,66-67H,4-15,17-18,20-22,25,28-42,44-45,47-50H2,1-3H3,(H,61,68)/b19-16-,24-23-,27-26-,46-43+. The number of hydrogen-bond donors (Lipinski definition) is 6. The Balaban J connectivity index is 2.65. The van der Waals surface area contributed by atoms with Crippen molar-refractivity contribution in [3.05, 3.63) is 48.6 Å². The molecule has 8 atom stereocenters. The van der Waals surface area contributed by atoms with Gasteiger partial charge in [-0.15, -0.1) is 0 Å². The molecule has 11 heteroatoms. The summed E-state index contributed by atoms with van der Waals surface area (Å²) in [5.74, 6) is -1.20. The lowest BCUT2D eigenvalue weighted by atomic mass is 9.99. The average molecular weight is 1000 g/mol. The summed E-state index contributed by atoms with van der Waals surface area (Å²) in [6.07, 6.45) is 47.3. The van der Waals surface area contributed by atoms with E-state index in [4.69, 9.17) is 14.2 Å². The molecule has 6 N–H and O–H groups in total. The number of nitrogens with one attached hydrogen (secondary N) is 1. The van der Waals surface area contributed by atoms with E-state index in [1.165, 1.54) is 128 Å². The minimum atomic E-state index is -1.61. The van der Waals surface area contributed by atoms with Crippen LogP contribution >= 0.6 is 0 Å². The molecule has 0 aromatic carbocycles. The maximum atomic E-state index is 13.3. The van der Waals surface area contributed by atoms with Gasteiger partial charge in [-0.25, -0.2) is 0 Å². The molecule has 0 saturated carbocycles. The van der Waals surface area contributed by atoms with E-state index in [1.807, 2.05) is 6.08 Å². The molecule has 71 heavy (non-hydrogen) atoms. The molecule has 0 radical (unpaired) electrons. The van der Waals surface area contributed by atoms with Gasteiger partial charge in [-0.2, -0.15) is 0 Å². The molecule has 11 nitrogen and oxygen atoms in total. The Labute approximate surface area is 434 Å². The van der Waals surface area contributed by atoms with Gasteiger partial charge in [0.2, 0.25) is 5.91 Å². The molecule has 0 bridgehead atoms. The van der Waals surface area contributed by atoms with Crippen molar-refractivity contribution in [2.24, 2.45) is 0 Å². The van der Waals surface area contributed by atoms with E-state index in [9.17, 15) is 35.1 Å². The predicted molar refractivity (Wildman–Crippen MR) is 292 cm³/mol. The van der Waals surface area contributed by atoms with Crippen LogP contribution < -0.4 is 5.32 Å². The van der Waals surface area contributed by atoms with E-state index in [-0.39, 0.29) is 13.0 Å². The third-order valence-corrected chi connectivity index (χ3v) is 13.7. The number of amides is 1. The second-order valence-electron chi connectivity index (χ2n) is 20.4. The van der Waals surface area contributed by atoms with Crippen molar-refractivity contribution in [2.75, 3.05) is 13.2 Å². The van der Waals surface area contributed by atoms with E-state index >= 15 is 0 Å². The van der Waals surface area contributed by atoms with Crippen LogP contribution in [-0.2, 0) is 23.8 Å². The second kappa shape index (κ2) is 48.6. The molecule has 1 amide bonds. The van der Waals surface area contributed by atoms with E-state index < -0.39 is 67.4 Å². The monoisotopic (exact) mass is 1000 g/mol. The second-order valence-corrected chi connectivity index (χ2v) is 20.4. The van der Waals surface area contributed by atoms with Gasteiger partial charge in [-0.3, -0.25) is 9.59 Å². The van der Waals surface area contributed by atoms with Gasteiger partial charge >= 0.3 is 5.97 Å². The van der Waals surface area contributed by atoms with Gasteiger partial charge in [0.15, 0.2) is 12.4 Å². The number of aliphatic hydroxyl groups is 5. The number of rotatable bonds is 49. The molecule has 1 saturated heterocycles. The number of carbonyl (C=O) groups excluding carboxylic acids is 2. The van der Waals surface area contributed by atoms with Crippen LogP contribution in [0.1, 0.15) is 258 Å². The van der Waals surface area contributed by atoms with Crippen LogP contribution in [0, 0.1) is 0 Å². The van der Waals surface area contributed by atoms with Crippen LogP contribution in [0.3, 0.4) is 0 Å². The molecular weight excluding hydrogens is 895 g/mol. The minimum absolute atomic E-state index is 0.116. The lowest BCUT2D eigenvalue weighted by Gasteiger charge is -2.41. The fourth-order valence-corrected chi connectivity index (χ4v) is 9.01. The summed E-state index contributed by atoms with van der Waals surface area (Å²) >= 11 is 0. The zero-order valence-electron chi connectivity index (χ0n) is 45.6. The van der Waals surface area contributed by atoms with Crippen LogP contribution in [-0.4, -0.2) is 99.6 Å². The Kier molecular flexibility index (Phi) is 45.6. The van der Waals surface area contributed by atoms with Gasteiger partial charge < -0.3 is 45.1 Å². The first-order chi connectivity index (χ1) is 34.7. The first kappa shape index (κ1) is 66.6. The topological polar surface area (TPSA) is 175 Å². The number of hydrogen-bond acceptors (Lipinski definition) is 10. The van der Waals surface area contributed by atoms with Gasteiger partial charge in [0.05, 0.1) is 25.4 Å². The smallest absolute Gasteiger partial charge is 0.306 e. The van der Waals surface area contributed by atoms with Crippen LogP contribution in [0.2, 0.25) is 0 Å². The molecule has 8 unspecified atom stereocenters. The summed E-state index contributed by atoms with van der Waals surface area (Å²) in [6, 6.07) is -1.02. The highest BCUT2D eigenvalue weighted by molar-refractivity contribution is 5.80. The largest absolute Gasteiger partial charge is 0.454 e. The minimum Gasteiger partial charge on any atom is -0.454 e. The summed E-state index contributed by atoms with van der Waals surface area (Å²) < 4.78 is 17.6. The Bertz CT molecular complexity index is 1340. The molecular formula is C60H109NO10. The van der Waals surface area contributed by atoms with Gasteiger partial charge in [-0.05, 0) is 64.2 Å². The lowest BCUT2D eigenvalue weighted by molar-refractivity contribution is -0.305. The highest BCUT2D eigenvalue weighted by Gasteiger charge is 2.47. The zero-order valence-corrected chi connectivity index (χ0v) is 45.6. The number of ether oxygens (including phenoxy) is 3. The molecule has 0 aromatic rings. The third kappa shape index (κ3) is 37.1. The molecule has 414 valence electrons. The lowest BCUT2D eigenvalue weighted by Crippen LogP contribution is -2.61. The van der Waals surface area contributed by atoms with E-state index in [0.717, 1.165) is 83.5 Å². The summed E-state index contributed by atoms with van der Waals surface area (Å²) in [5.41, 5.74) is 0. The fourth-order valence-electron chi connectivity index (χ4n) is 9.01. The number of allylic oxidation sites excluding steroid dienone is 7. The Hall–Kier alpha value is -2.38. The highest BCUT2D eigenvalue weighted by atomic mass is 16.7. The van der Waals surface area contributed by atoms with Crippen molar-refractivity contribution in [3.63, 3.8) is 0 Å². The van der Waals surface area contributed by atoms with Crippen molar-refractivity contribution < 1.29 is 49.3 Å². The quantitative estimate of drug-likeness (QED) is 0.0195. The van der Waals surface area contributed by atoms with E-state index in [2.05, 4.69) is 62.5 Å². The highest BCUT2D eigenvalue weighted by Crippen LogP contribution is 2.26. The number of unbranched alkanes of at least 4 members (excludes halogenated alkanes) is 29. The summed E-state index contributed by atoms with van der Waals surface area (Å²) in [4.78, 5) is 26.4. The molecule has 1 heterocycles. The first-order valence-electron chi connectivity index (χ1n) is 29.4. The van der Waals surface area contributed by atoms with Crippen molar-refractivity contribution in [3.8, 4) is 0 Å². The van der Waals surface area contributed by atoms with Gasteiger partial charge in [0.25, 0.3) is 0 Å². The van der Waals surface area contributed by atoms with Gasteiger partial charge in [0.1, 0.15) is 24.4 Å². The molecule has 1 fully saturated rings. The SMILES string of the molecule is CCCCC/C=C\C/C=C\C/C=C\CCCCCCCCCCC(=O)OC1C(OCC(NC(=O)C(O)CCCCCCCCCCCC)C(O)/C=C/CCCCCCCCCCC)OC(CO)C(O)C1O. The van der Waals surface area contributed by atoms with Gasteiger partial charge in [-0.1, -0.05) is 236 Å². The number of aliphatic hydroxyl groups excluding tert-OH is 5. The molecule has 1 aliphatic heterocycles. The van der Waals surface area contributed by atoms with Crippen molar-refractivity contribution in [2.45, 2.75) is 307 Å². The Morgan fingerprint density at radius 2 is 0.972 bits per heavy atom. The number of carbonyl (C=O) groups is 2. The van der Waals surface area contributed by atoms with Crippen LogP contribution in [0.4, 0.5) is 0 Å². The molecule has 1 rings (SSSR count). The molecule has 0 aliphatic carbocycles.